The van der Waals surface area contributed by atoms with Crippen LogP contribution in [-0.4, -0.2) is 50.1 Å². The van der Waals surface area contributed by atoms with Crippen molar-refractivity contribution in [1.82, 2.24) is 4.31 Å². The van der Waals surface area contributed by atoms with Crippen molar-refractivity contribution in [2.45, 2.75) is 31.1 Å². The largest absolute Gasteiger partial charge is 0.478 e. The SMILES string of the molecule is Cc1cc(C(=O)O)ccc1S(=O)(=O)N1CCC2(CCOCC2)C1. The average molecular weight is 339 g/mol. The number of nitrogens with zero attached hydrogens (tertiary/aromatic N) is 1. The highest BCUT2D eigenvalue weighted by Gasteiger charge is 2.43. The van der Waals surface area contributed by atoms with E-state index in [2.05, 4.69) is 0 Å². The molecule has 2 saturated heterocycles. The number of hydrogen-bond donors (Lipinski definition) is 1. The van der Waals surface area contributed by atoms with Crippen LogP contribution in [0.5, 0.6) is 0 Å². The Labute approximate surface area is 136 Å². The molecular weight excluding hydrogens is 318 g/mol. The zero-order chi connectivity index (χ0) is 16.7. The second-order valence-electron chi connectivity index (χ2n) is 6.49. The first-order valence-electron chi connectivity index (χ1n) is 7.76. The molecule has 7 heteroatoms. The number of carbonyl (C=O) groups is 1. The van der Waals surface area contributed by atoms with Crippen molar-refractivity contribution in [1.29, 1.82) is 0 Å². The van der Waals surface area contributed by atoms with E-state index in [9.17, 15) is 13.2 Å². The fraction of sp³-hybridized carbons (Fsp3) is 0.562. The third-order valence-electron chi connectivity index (χ3n) is 5.00. The molecule has 1 spiro atoms. The number of carboxylic acid groups (broad SMARTS) is 1. The van der Waals surface area contributed by atoms with Crippen LogP contribution in [0.1, 0.15) is 35.2 Å². The number of aryl methyl sites for hydroxylation is 1. The predicted molar refractivity (Wildman–Crippen MR) is 84.0 cm³/mol. The van der Waals surface area contributed by atoms with E-state index >= 15 is 0 Å². The molecule has 2 aliphatic rings. The lowest BCUT2D eigenvalue weighted by Gasteiger charge is -2.33. The molecule has 0 unspecified atom stereocenters. The molecule has 0 saturated carbocycles. The molecule has 0 bridgehead atoms. The van der Waals surface area contributed by atoms with Gasteiger partial charge in [0.1, 0.15) is 0 Å². The second-order valence-corrected chi connectivity index (χ2v) is 8.39. The average Bonchev–Trinajstić information content (AvgIpc) is 2.92. The molecular formula is C16H21NO5S. The van der Waals surface area contributed by atoms with Gasteiger partial charge in [0.05, 0.1) is 10.5 Å². The molecule has 23 heavy (non-hydrogen) atoms. The number of ether oxygens (including phenoxy) is 1. The first-order valence-corrected chi connectivity index (χ1v) is 9.20. The molecule has 0 atom stereocenters. The van der Waals surface area contributed by atoms with Gasteiger partial charge in [-0.05, 0) is 55.4 Å². The summed E-state index contributed by atoms with van der Waals surface area (Å²) in [5.74, 6) is -1.06. The van der Waals surface area contributed by atoms with Crippen molar-refractivity contribution in [3.8, 4) is 0 Å². The maximum absolute atomic E-state index is 12.9. The van der Waals surface area contributed by atoms with Crippen molar-refractivity contribution in [3.05, 3.63) is 29.3 Å². The van der Waals surface area contributed by atoms with Crippen molar-refractivity contribution >= 4 is 16.0 Å². The Kier molecular flexibility index (Phi) is 4.20. The molecule has 2 heterocycles. The summed E-state index contributed by atoms with van der Waals surface area (Å²) < 4.78 is 32.8. The van der Waals surface area contributed by atoms with Gasteiger partial charge in [-0.3, -0.25) is 0 Å². The molecule has 2 aliphatic heterocycles. The molecule has 3 rings (SSSR count). The summed E-state index contributed by atoms with van der Waals surface area (Å²) in [5, 5.41) is 9.01. The van der Waals surface area contributed by atoms with E-state index < -0.39 is 16.0 Å². The fourth-order valence-electron chi connectivity index (χ4n) is 3.52. The minimum atomic E-state index is -3.59. The Morgan fingerprint density at radius 1 is 1.26 bits per heavy atom. The third-order valence-corrected chi connectivity index (χ3v) is 7.00. The number of aromatic carboxylic acids is 1. The molecule has 0 aromatic heterocycles. The van der Waals surface area contributed by atoms with E-state index in [-0.39, 0.29) is 15.9 Å². The quantitative estimate of drug-likeness (QED) is 0.909. The van der Waals surface area contributed by atoms with E-state index in [0.29, 0.717) is 31.9 Å². The molecule has 126 valence electrons. The van der Waals surface area contributed by atoms with Crippen LogP contribution < -0.4 is 0 Å². The lowest BCUT2D eigenvalue weighted by atomic mass is 9.80. The van der Waals surface area contributed by atoms with Crippen molar-refractivity contribution in [2.24, 2.45) is 5.41 Å². The van der Waals surface area contributed by atoms with E-state index in [1.54, 1.807) is 11.2 Å². The minimum Gasteiger partial charge on any atom is -0.478 e. The van der Waals surface area contributed by atoms with E-state index in [0.717, 1.165) is 19.3 Å². The highest BCUT2D eigenvalue weighted by molar-refractivity contribution is 7.89. The summed E-state index contributed by atoms with van der Waals surface area (Å²) in [4.78, 5) is 11.2. The number of benzene rings is 1. The summed E-state index contributed by atoms with van der Waals surface area (Å²) in [6.07, 6.45) is 2.66. The lowest BCUT2D eigenvalue weighted by Crippen LogP contribution is -2.35. The first-order chi connectivity index (χ1) is 10.8. The summed E-state index contributed by atoms with van der Waals surface area (Å²) in [7, 11) is -3.59. The molecule has 2 fully saturated rings. The summed E-state index contributed by atoms with van der Waals surface area (Å²) in [6.45, 7) is 4.07. The van der Waals surface area contributed by atoms with Gasteiger partial charge in [0, 0.05) is 26.3 Å². The van der Waals surface area contributed by atoms with E-state index in [4.69, 9.17) is 9.84 Å². The van der Waals surface area contributed by atoms with Crippen LogP contribution in [0, 0.1) is 12.3 Å². The van der Waals surface area contributed by atoms with Gasteiger partial charge in [-0.25, -0.2) is 13.2 Å². The van der Waals surface area contributed by atoms with Crippen LogP contribution in [-0.2, 0) is 14.8 Å². The monoisotopic (exact) mass is 339 g/mol. The zero-order valence-electron chi connectivity index (χ0n) is 13.1. The Hall–Kier alpha value is -1.44. The molecule has 6 nitrogen and oxygen atoms in total. The van der Waals surface area contributed by atoms with Gasteiger partial charge in [0.2, 0.25) is 10.0 Å². The number of rotatable bonds is 3. The van der Waals surface area contributed by atoms with Gasteiger partial charge in [0.25, 0.3) is 0 Å². The number of sulfonamides is 1. The first kappa shape index (κ1) is 16.4. The van der Waals surface area contributed by atoms with Crippen LogP contribution in [0.2, 0.25) is 0 Å². The Morgan fingerprint density at radius 2 is 1.96 bits per heavy atom. The van der Waals surface area contributed by atoms with Crippen molar-refractivity contribution in [3.63, 3.8) is 0 Å². The minimum absolute atomic E-state index is 0.0419. The fourth-order valence-corrected chi connectivity index (χ4v) is 5.28. The molecule has 0 radical (unpaired) electrons. The van der Waals surface area contributed by atoms with Crippen molar-refractivity contribution in [2.75, 3.05) is 26.3 Å². The van der Waals surface area contributed by atoms with E-state index in [1.165, 1.54) is 18.2 Å². The molecule has 1 N–H and O–H groups in total. The van der Waals surface area contributed by atoms with Gasteiger partial charge >= 0.3 is 5.97 Å². The van der Waals surface area contributed by atoms with Crippen LogP contribution >= 0.6 is 0 Å². The highest BCUT2D eigenvalue weighted by atomic mass is 32.2. The Morgan fingerprint density at radius 3 is 2.57 bits per heavy atom. The summed E-state index contributed by atoms with van der Waals surface area (Å²) >= 11 is 0. The lowest BCUT2D eigenvalue weighted by molar-refractivity contribution is 0.0222. The predicted octanol–water partition coefficient (Wildman–Crippen LogP) is 1.88. The maximum Gasteiger partial charge on any atom is 0.335 e. The highest BCUT2D eigenvalue weighted by Crippen LogP contribution is 2.41. The van der Waals surface area contributed by atoms with Crippen LogP contribution in [0.4, 0.5) is 0 Å². The molecule has 1 aromatic carbocycles. The maximum atomic E-state index is 12.9. The van der Waals surface area contributed by atoms with Crippen LogP contribution in [0.15, 0.2) is 23.1 Å². The second kappa shape index (κ2) is 5.89. The number of carboxylic acids is 1. The summed E-state index contributed by atoms with van der Waals surface area (Å²) in [5.41, 5.74) is 0.613. The van der Waals surface area contributed by atoms with Gasteiger partial charge in [-0.15, -0.1) is 0 Å². The normalized spacial score (nSPS) is 21.6. The topological polar surface area (TPSA) is 83.9 Å². The zero-order valence-corrected chi connectivity index (χ0v) is 13.9. The Balaban J connectivity index is 1.86. The van der Waals surface area contributed by atoms with Gasteiger partial charge in [-0.2, -0.15) is 4.31 Å². The third kappa shape index (κ3) is 3.00. The van der Waals surface area contributed by atoms with Crippen LogP contribution in [0.3, 0.4) is 0 Å². The molecule has 1 aromatic rings. The number of hydrogen-bond acceptors (Lipinski definition) is 4. The Bertz CT molecular complexity index is 722. The summed E-state index contributed by atoms with van der Waals surface area (Å²) in [6, 6.07) is 4.17. The van der Waals surface area contributed by atoms with E-state index in [1.807, 2.05) is 0 Å². The van der Waals surface area contributed by atoms with Crippen molar-refractivity contribution < 1.29 is 23.1 Å². The van der Waals surface area contributed by atoms with Gasteiger partial charge in [-0.1, -0.05) is 0 Å². The smallest absolute Gasteiger partial charge is 0.335 e. The molecule has 0 amide bonds. The van der Waals surface area contributed by atoms with Gasteiger partial charge in [0.15, 0.2) is 0 Å². The van der Waals surface area contributed by atoms with Gasteiger partial charge < -0.3 is 9.84 Å². The van der Waals surface area contributed by atoms with Crippen LogP contribution in [0.25, 0.3) is 0 Å². The molecule has 0 aliphatic carbocycles. The standard InChI is InChI=1S/C16H21NO5S/c1-12-10-13(15(18)19)2-3-14(12)23(20,21)17-7-4-16(11-17)5-8-22-9-6-16/h2-3,10H,4-9,11H2,1H3,(H,18,19).